The molecule has 1 rings (SSSR count). The molecular weight excluding hydrogens is 422 g/mol. The zero-order valence-corrected chi connectivity index (χ0v) is 10.8. The highest BCUT2D eigenvalue weighted by Crippen LogP contribution is 2.28. The Labute approximate surface area is 105 Å². The highest BCUT2D eigenvalue weighted by molar-refractivity contribution is 14.1. The van der Waals surface area contributed by atoms with E-state index in [1.807, 2.05) is 0 Å². The topological polar surface area (TPSA) is 50.2 Å². The Hall–Kier alpha value is -0.0600. The highest BCUT2D eigenvalue weighted by Gasteiger charge is 2.20. The lowest BCUT2D eigenvalue weighted by molar-refractivity contribution is 0.0688. The number of halogens is 4. The van der Waals surface area contributed by atoms with E-state index in [9.17, 15) is 13.6 Å². The van der Waals surface area contributed by atoms with E-state index in [0.29, 0.717) is 0 Å². The summed E-state index contributed by atoms with van der Waals surface area (Å²) < 4.78 is 25.2. The van der Waals surface area contributed by atoms with Crippen LogP contribution in [0.15, 0.2) is 6.20 Å². The van der Waals surface area contributed by atoms with Crippen LogP contribution in [0, 0.1) is 7.14 Å². The number of nitrogens with zero attached hydrogens (tertiary/aromatic N) is 1. The molecule has 0 radical (unpaired) electrons. The molecule has 1 heterocycles. The Kier molecular flexibility index (Phi) is 3.98. The van der Waals surface area contributed by atoms with E-state index in [1.54, 1.807) is 45.2 Å². The van der Waals surface area contributed by atoms with Gasteiger partial charge in [0.1, 0.15) is 0 Å². The minimum Gasteiger partial charge on any atom is -0.476 e. The second-order valence-corrected chi connectivity index (χ2v) is 4.45. The zero-order chi connectivity index (χ0) is 10.9. The summed E-state index contributed by atoms with van der Waals surface area (Å²) in [6, 6.07) is 0. The van der Waals surface area contributed by atoms with Crippen molar-refractivity contribution in [2.75, 3.05) is 0 Å². The van der Waals surface area contributed by atoms with E-state index in [0.717, 1.165) is 6.20 Å². The Balaban J connectivity index is 3.33. The van der Waals surface area contributed by atoms with E-state index in [1.165, 1.54) is 0 Å². The second kappa shape index (κ2) is 4.64. The van der Waals surface area contributed by atoms with E-state index in [-0.39, 0.29) is 18.4 Å². The predicted octanol–water partition coefficient (Wildman–Crippen LogP) is 2.93. The van der Waals surface area contributed by atoms with Crippen LogP contribution in [0.3, 0.4) is 0 Å². The number of alkyl halides is 2. The number of aromatic nitrogens is 1. The standard InChI is InChI=1S/C7H3F2I2NO2/c8-6(9)2-1-12-5(7(13)14)4(11)3(2)10/h1,6H,(H,13,14). The van der Waals surface area contributed by atoms with E-state index < -0.39 is 12.4 Å². The van der Waals surface area contributed by atoms with Gasteiger partial charge in [-0.3, -0.25) is 0 Å². The third-order valence-electron chi connectivity index (χ3n) is 1.42. The Morgan fingerprint density at radius 3 is 2.43 bits per heavy atom. The van der Waals surface area contributed by atoms with Crippen LogP contribution < -0.4 is 0 Å². The minimum absolute atomic E-state index is 0.195. The van der Waals surface area contributed by atoms with Crippen LogP contribution in [-0.4, -0.2) is 16.1 Å². The molecule has 0 aromatic carbocycles. The number of rotatable bonds is 2. The molecule has 0 atom stereocenters. The fraction of sp³-hybridized carbons (Fsp3) is 0.143. The Morgan fingerprint density at radius 1 is 1.43 bits per heavy atom. The normalized spacial score (nSPS) is 10.6. The van der Waals surface area contributed by atoms with Gasteiger partial charge in [0, 0.05) is 9.77 Å². The fourth-order valence-electron chi connectivity index (χ4n) is 0.779. The molecule has 1 aromatic rings. The summed E-state index contributed by atoms with van der Waals surface area (Å²) in [7, 11) is 0. The van der Waals surface area contributed by atoms with Crippen LogP contribution in [0.4, 0.5) is 8.78 Å². The van der Waals surface area contributed by atoms with Gasteiger partial charge in [-0.2, -0.15) is 0 Å². The van der Waals surface area contributed by atoms with Gasteiger partial charge in [-0.1, -0.05) is 0 Å². The molecule has 0 saturated heterocycles. The van der Waals surface area contributed by atoms with Crippen LogP contribution in [0.5, 0.6) is 0 Å². The predicted molar refractivity (Wildman–Crippen MR) is 61.6 cm³/mol. The Morgan fingerprint density at radius 2 is 2.00 bits per heavy atom. The van der Waals surface area contributed by atoms with Gasteiger partial charge >= 0.3 is 5.97 Å². The Bertz CT molecular complexity index is 384. The largest absolute Gasteiger partial charge is 0.476 e. The average Bonchev–Trinajstić information content (AvgIpc) is 2.08. The molecule has 0 fully saturated rings. The van der Waals surface area contributed by atoms with Crippen LogP contribution in [0.2, 0.25) is 0 Å². The molecule has 0 bridgehead atoms. The van der Waals surface area contributed by atoms with Crippen molar-refractivity contribution in [3.63, 3.8) is 0 Å². The highest BCUT2D eigenvalue weighted by atomic mass is 127. The summed E-state index contributed by atoms with van der Waals surface area (Å²) >= 11 is 3.38. The molecule has 0 unspecified atom stereocenters. The molecule has 14 heavy (non-hydrogen) atoms. The summed E-state index contributed by atoms with van der Waals surface area (Å²) in [5.41, 5.74) is -0.431. The maximum atomic E-state index is 12.3. The molecule has 0 aliphatic carbocycles. The molecule has 0 spiro atoms. The van der Waals surface area contributed by atoms with Gasteiger partial charge in [0.15, 0.2) is 5.69 Å². The number of carboxylic acids is 1. The molecule has 0 aliphatic heterocycles. The van der Waals surface area contributed by atoms with Gasteiger partial charge in [-0.15, -0.1) is 0 Å². The van der Waals surface area contributed by atoms with Crippen molar-refractivity contribution in [2.45, 2.75) is 6.43 Å². The summed E-state index contributed by atoms with van der Waals surface area (Å²) in [5.74, 6) is -1.21. The lowest BCUT2D eigenvalue weighted by atomic mass is 10.2. The minimum atomic E-state index is -2.63. The van der Waals surface area contributed by atoms with Gasteiger partial charge in [0.05, 0.1) is 9.13 Å². The van der Waals surface area contributed by atoms with Crippen molar-refractivity contribution in [3.05, 3.63) is 24.6 Å². The average molecular weight is 425 g/mol. The van der Waals surface area contributed by atoms with Crippen molar-refractivity contribution in [3.8, 4) is 0 Å². The van der Waals surface area contributed by atoms with Crippen molar-refractivity contribution < 1.29 is 18.7 Å². The first-order valence-electron chi connectivity index (χ1n) is 3.30. The summed E-state index contributed by atoms with van der Waals surface area (Å²) in [5, 5.41) is 8.66. The van der Waals surface area contributed by atoms with Gasteiger partial charge in [0.25, 0.3) is 6.43 Å². The first-order chi connectivity index (χ1) is 6.45. The maximum Gasteiger partial charge on any atom is 0.355 e. The van der Waals surface area contributed by atoms with Crippen LogP contribution >= 0.6 is 45.2 Å². The smallest absolute Gasteiger partial charge is 0.355 e. The van der Waals surface area contributed by atoms with Crippen molar-refractivity contribution >= 4 is 51.2 Å². The van der Waals surface area contributed by atoms with Crippen molar-refractivity contribution in [1.82, 2.24) is 4.98 Å². The summed E-state index contributed by atoms with van der Waals surface area (Å²) in [4.78, 5) is 14.1. The number of aromatic carboxylic acids is 1. The van der Waals surface area contributed by atoms with Gasteiger partial charge in [-0.05, 0) is 45.2 Å². The molecule has 0 saturated carbocycles. The first kappa shape index (κ1) is 12.0. The maximum absolute atomic E-state index is 12.3. The number of carboxylic acid groups (broad SMARTS) is 1. The number of hydrogen-bond donors (Lipinski definition) is 1. The number of hydrogen-bond acceptors (Lipinski definition) is 2. The second-order valence-electron chi connectivity index (χ2n) is 2.30. The van der Waals surface area contributed by atoms with Gasteiger partial charge in [0.2, 0.25) is 0 Å². The van der Waals surface area contributed by atoms with Crippen LogP contribution in [0.25, 0.3) is 0 Å². The summed E-state index contributed by atoms with van der Waals surface area (Å²) in [6.07, 6.45) is -1.73. The lowest BCUT2D eigenvalue weighted by Crippen LogP contribution is -2.07. The first-order valence-corrected chi connectivity index (χ1v) is 5.46. The van der Waals surface area contributed by atoms with Gasteiger partial charge < -0.3 is 5.11 Å². The zero-order valence-electron chi connectivity index (χ0n) is 6.47. The number of carbonyl (C=O) groups is 1. The van der Waals surface area contributed by atoms with Crippen molar-refractivity contribution in [1.29, 1.82) is 0 Å². The SMILES string of the molecule is O=C(O)c1ncc(C(F)F)c(I)c1I. The third kappa shape index (κ3) is 2.30. The fourth-order valence-corrected chi connectivity index (χ4v) is 2.09. The molecule has 1 aromatic heterocycles. The molecule has 1 N–H and O–H groups in total. The quantitative estimate of drug-likeness (QED) is 0.743. The van der Waals surface area contributed by atoms with E-state index >= 15 is 0 Å². The van der Waals surface area contributed by atoms with Crippen molar-refractivity contribution in [2.24, 2.45) is 0 Å². The van der Waals surface area contributed by atoms with Crippen LogP contribution in [0.1, 0.15) is 22.5 Å². The van der Waals surface area contributed by atoms with Gasteiger partial charge in [-0.25, -0.2) is 18.6 Å². The molecule has 3 nitrogen and oxygen atoms in total. The third-order valence-corrected chi connectivity index (χ3v) is 4.67. The summed E-state index contributed by atoms with van der Waals surface area (Å²) in [6.45, 7) is 0. The molecule has 7 heteroatoms. The number of pyridine rings is 1. The van der Waals surface area contributed by atoms with E-state index in [2.05, 4.69) is 4.98 Å². The lowest BCUT2D eigenvalue weighted by Gasteiger charge is -2.06. The van der Waals surface area contributed by atoms with Crippen LogP contribution in [-0.2, 0) is 0 Å². The molecule has 0 aliphatic rings. The molecule has 76 valence electrons. The molecule has 0 amide bonds. The van der Waals surface area contributed by atoms with E-state index in [4.69, 9.17) is 5.11 Å². The molecular formula is C7H3F2I2NO2. The monoisotopic (exact) mass is 425 g/mol.